The number of pyridine rings is 1. The topological polar surface area (TPSA) is 108 Å². The van der Waals surface area contributed by atoms with E-state index in [-0.39, 0.29) is 34.1 Å². The molecule has 0 spiro atoms. The lowest BCUT2D eigenvalue weighted by Crippen LogP contribution is -2.46. The summed E-state index contributed by atoms with van der Waals surface area (Å²) in [6.07, 6.45) is 2.95. The van der Waals surface area contributed by atoms with Crippen molar-refractivity contribution < 1.29 is 23.8 Å². The second-order valence-corrected chi connectivity index (χ2v) is 9.89. The Balaban J connectivity index is 1.55. The number of carboxylic acid groups (broad SMARTS) is 1. The highest BCUT2D eigenvalue weighted by atomic mass is 35.5. The number of carbonyl (C=O) groups excluding carboxylic acids is 1. The highest BCUT2D eigenvalue weighted by Gasteiger charge is 2.34. The molecule has 2 atom stereocenters. The van der Waals surface area contributed by atoms with Gasteiger partial charge in [0.05, 0.1) is 16.8 Å². The first-order valence-corrected chi connectivity index (χ1v) is 12.6. The lowest BCUT2D eigenvalue weighted by atomic mass is 9.88. The number of aryl methyl sites for hydroxylation is 1. The molecule has 4 heterocycles. The molecule has 0 bridgehead atoms. The number of halogens is 2. The molecule has 0 amide bonds. The van der Waals surface area contributed by atoms with Gasteiger partial charge in [-0.1, -0.05) is 29.9 Å². The molecular weight excluding hydrogens is 495 g/mol. The van der Waals surface area contributed by atoms with Crippen molar-refractivity contribution in [3.05, 3.63) is 51.5 Å². The standard InChI is InChI=1S/C24H26ClFN4O4S/c1-3-9-34-19-12-30(8-6-14(19)10-18(31)17-11-15(25)13(2)28-17)24-29-21(22(35-24)23(32)33)20-16(26)5-4-7-27-20/h4-5,7,11,14,19,28H,3,6,8-10,12H2,1-2H3,(H,32,33)/t14-,19-/m0/s1. The predicted octanol–water partition coefficient (Wildman–Crippen LogP) is 5.23. The molecule has 0 unspecified atom stereocenters. The molecule has 0 radical (unpaired) electrons. The van der Waals surface area contributed by atoms with Crippen molar-refractivity contribution in [1.29, 1.82) is 0 Å². The summed E-state index contributed by atoms with van der Waals surface area (Å²) >= 11 is 7.09. The van der Waals surface area contributed by atoms with E-state index in [4.69, 9.17) is 16.3 Å². The Bertz CT molecular complexity index is 1210. The Morgan fingerprint density at radius 3 is 2.86 bits per heavy atom. The van der Waals surface area contributed by atoms with Gasteiger partial charge in [-0.05, 0) is 43.9 Å². The van der Waals surface area contributed by atoms with Gasteiger partial charge in [0.2, 0.25) is 0 Å². The van der Waals surface area contributed by atoms with Crippen LogP contribution in [-0.2, 0) is 4.74 Å². The summed E-state index contributed by atoms with van der Waals surface area (Å²) in [5.41, 5.74) is 1.16. The predicted molar refractivity (Wildman–Crippen MR) is 132 cm³/mol. The second kappa shape index (κ2) is 10.8. The number of Topliss-reactive ketones (excluding diaryl/α,β-unsaturated/α-hetero) is 1. The number of aromatic carboxylic acids is 1. The molecular formula is C24H26ClFN4O4S. The van der Waals surface area contributed by atoms with E-state index >= 15 is 0 Å². The van der Waals surface area contributed by atoms with Gasteiger partial charge in [-0.25, -0.2) is 14.2 Å². The minimum atomic E-state index is -1.19. The van der Waals surface area contributed by atoms with Crippen LogP contribution in [0, 0.1) is 18.7 Å². The van der Waals surface area contributed by atoms with Crippen molar-refractivity contribution in [2.24, 2.45) is 5.92 Å². The van der Waals surface area contributed by atoms with Gasteiger partial charge in [0.1, 0.15) is 16.3 Å². The van der Waals surface area contributed by atoms with Gasteiger partial charge in [-0.2, -0.15) is 0 Å². The van der Waals surface area contributed by atoms with Crippen LogP contribution in [0.4, 0.5) is 9.52 Å². The lowest BCUT2D eigenvalue weighted by Gasteiger charge is -2.38. The van der Waals surface area contributed by atoms with Crippen LogP contribution in [0.3, 0.4) is 0 Å². The summed E-state index contributed by atoms with van der Waals surface area (Å²) < 4.78 is 20.5. The third-order valence-corrected chi connectivity index (χ3v) is 7.49. The SMILES string of the molecule is CCCO[C@H]1CN(c2nc(-c3ncccc3F)c(C(=O)O)s2)CC[C@H]1CC(=O)c1cc(Cl)c(C)[nH]1. The summed E-state index contributed by atoms with van der Waals surface area (Å²) in [4.78, 5) is 38.1. The van der Waals surface area contributed by atoms with Gasteiger partial charge in [0, 0.05) is 38.0 Å². The van der Waals surface area contributed by atoms with Gasteiger partial charge < -0.3 is 19.7 Å². The monoisotopic (exact) mass is 520 g/mol. The van der Waals surface area contributed by atoms with E-state index in [1.165, 1.54) is 18.3 Å². The Kier molecular flexibility index (Phi) is 7.83. The van der Waals surface area contributed by atoms with E-state index in [0.29, 0.717) is 48.4 Å². The molecule has 35 heavy (non-hydrogen) atoms. The van der Waals surface area contributed by atoms with Gasteiger partial charge in [0.15, 0.2) is 16.7 Å². The average molecular weight is 521 g/mol. The molecule has 1 fully saturated rings. The number of anilines is 1. The largest absolute Gasteiger partial charge is 0.477 e. The number of H-pyrrole nitrogens is 1. The number of carbonyl (C=O) groups is 2. The van der Waals surface area contributed by atoms with Crippen molar-refractivity contribution in [3.63, 3.8) is 0 Å². The zero-order valence-corrected chi connectivity index (χ0v) is 21.0. The summed E-state index contributed by atoms with van der Waals surface area (Å²) in [5, 5.41) is 10.7. The Labute approximate surface area is 211 Å². The fraction of sp³-hybridized carbons (Fsp3) is 0.417. The number of aromatic amines is 1. The maximum Gasteiger partial charge on any atom is 0.348 e. The zero-order valence-electron chi connectivity index (χ0n) is 19.4. The van der Waals surface area contributed by atoms with E-state index in [9.17, 15) is 19.1 Å². The smallest absolute Gasteiger partial charge is 0.348 e. The number of hydrogen-bond donors (Lipinski definition) is 2. The molecule has 8 nitrogen and oxygen atoms in total. The Hall–Kier alpha value is -2.82. The third kappa shape index (κ3) is 5.55. The molecule has 0 aliphatic carbocycles. The molecule has 2 N–H and O–H groups in total. The fourth-order valence-electron chi connectivity index (χ4n) is 4.17. The van der Waals surface area contributed by atoms with Gasteiger partial charge in [-0.3, -0.25) is 9.78 Å². The molecule has 1 aliphatic heterocycles. The summed E-state index contributed by atoms with van der Waals surface area (Å²) in [5.74, 6) is -1.86. The molecule has 11 heteroatoms. The average Bonchev–Trinajstić information content (AvgIpc) is 3.42. The summed E-state index contributed by atoms with van der Waals surface area (Å²) in [6.45, 7) is 5.37. The number of hydrogen-bond acceptors (Lipinski definition) is 7. The fourth-order valence-corrected chi connectivity index (χ4v) is 5.27. The van der Waals surface area contributed by atoms with E-state index < -0.39 is 11.8 Å². The molecule has 0 saturated carbocycles. The normalized spacial score (nSPS) is 18.1. The van der Waals surface area contributed by atoms with E-state index in [0.717, 1.165) is 23.5 Å². The van der Waals surface area contributed by atoms with Gasteiger partial charge >= 0.3 is 5.97 Å². The van der Waals surface area contributed by atoms with Gasteiger partial charge in [-0.15, -0.1) is 0 Å². The minimum Gasteiger partial charge on any atom is -0.477 e. The number of nitrogens with zero attached hydrogens (tertiary/aromatic N) is 3. The van der Waals surface area contributed by atoms with Crippen LogP contribution in [0.2, 0.25) is 5.02 Å². The van der Waals surface area contributed by atoms with Gasteiger partial charge in [0.25, 0.3) is 0 Å². The molecule has 4 rings (SSSR count). The molecule has 1 aliphatic rings. The Morgan fingerprint density at radius 1 is 1.40 bits per heavy atom. The number of ketones is 1. The number of piperidine rings is 1. The molecule has 186 valence electrons. The van der Waals surface area contributed by atoms with E-state index in [1.807, 2.05) is 18.7 Å². The summed E-state index contributed by atoms with van der Waals surface area (Å²) in [7, 11) is 0. The van der Waals surface area contributed by atoms with E-state index in [1.54, 1.807) is 6.07 Å². The van der Waals surface area contributed by atoms with Crippen molar-refractivity contribution in [2.75, 3.05) is 24.6 Å². The van der Waals surface area contributed by atoms with Crippen molar-refractivity contribution >= 4 is 39.8 Å². The van der Waals surface area contributed by atoms with Crippen molar-refractivity contribution in [2.45, 2.75) is 39.2 Å². The van der Waals surface area contributed by atoms with Crippen LogP contribution < -0.4 is 4.90 Å². The quantitative estimate of drug-likeness (QED) is 0.372. The van der Waals surface area contributed by atoms with Crippen LogP contribution in [-0.4, -0.2) is 57.6 Å². The number of aromatic nitrogens is 3. The second-order valence-electron chi connectivity index (χ2n) is 8.50. The molecule has 3 aromatic heterocycles. The van der Waals surface area contributed by atoms with E-state index in [2.05, 4.69) is 15.0 Å². The van der Waals surface area contributed by atoms with Crippen LogP contribution in [0.1, 0.15) is 52.0 Å². The zero-order chi connectivity index (χ0) is 25.1. The number of ether oxygens (including phenoxy) is 1. The van der Waals surface area contributed by atoms with Crippen LogP contribution >= 0.6 is 22.9 Å². The third-order valence-electron chi connectivity index (χ3n) is 5.99. The highest BCUT2D eigenvalue weighted by Crippen LogP contribution is 2.36. The maximum atomic E-state index is 14.3. The van der Waals surface area contributed by atoms with Crippen LogP contribution in [0.15, 0.2) is 24.4 Å². The maximum absolute atomic E-state index is 14.3. The number of rotatable bonds is 9. The Morgan fingerprint density at radius 2 is 2.20 bits per heavy atom. The number of thiazole rings is 1. The lowest BCUT2D eigenvalue weighted by molar-refractivity contribution is 0.00383. The highest BCUT2D eigenvalue weighted by molar-refractivity contribution is 7.17. The van der Waals surface area contributed by atoms with Crippen molar-refractivity contribution in [1.82, 2.24) is 15.0 Å². The first-order valence-electron chi connectivity index (χ1n) is 11.4. The van der Waals surface area contributed by atoms with Crippen molar-refractivity contribution in [3.8, 4) is 11.4 Å². The first-order chi connectivity index (χ1) is 16.8. The number of nitrogens with one attached hydrogen (secondary N) is 1. The molecule has 0 aromatic carbocycles. The minimum absolute atomic E-state index is 0.0120. The summed E-state index contributed by atoms with van der Waals surface area (Å²) in [6, 6.07) is 4.32. The van der Waals surface area contributed by atoms with Crippen LogP contribution in [0.25, 0.3) is 11.4 Å². The molecule has 1 saturated heterocycles. The molecule has 3 aromatic rings. The number of carboxylic acids is 1. The van der Waals surface area contributed by atoms with Crippen LogP contribution in [0.5, 0.6) is 0 Å². The first kappa shape index (κ1) is 25.3.